The second kappa shape index (κ2) is 6.62. The van der Waals surface area contributed by atoms with E-state index >= 15 is 0 Å². The second-order valence-electron chi connectivity index (χ2n) is 8.23. The predicted molar refractivity (Wildman–Crippen MR) is 106 cm³/mol. The molecule has 1 aliphatic heterocycles. The Morgan fingerprint density at radius 3 is 2.82 bits per heavy atom. The highest BCUT2D eigenvalue weighted by molar-refractivity contribution is 6.01. The Kier molecular flexibility index (Phi) is 4.08. The topological polar surface area (TPSA) is 90.6 Å². The van der Waals surface area contributed by atoms with Gasteiger partial charge in [0.05, 0.1) is 23.7 Å². The first kappa shape index (κ1) is 17.2. The number of nitrogens with zero attached hydrogens (tertiary/aromatic N) is 5. The number of likely N-dealkylation sites (tertiary alicyclic amines) is 1. The summed E-state index contributed by atoms with van der Waals surface area (Å²) in [6.45, 7) is 3.11. The zero-order valence-corrected chi connectivity index (χ0v) is 16.1. The smallest absolute Gasteiger partial charge is 0.219 e. The normalized spacial score (nSPS) is 23.1. The van der Waals surface area contributed by atoms with E-state index in [2.05, 4.69) is 26.7 Å². The van der Waals surface area contributed by atoms with E-state index in [1.807, 2.05) is 17.3 Å². The van der Waals surface area contributed by atoms with Crippen molar-refractivity contribution in [2.45, 2.75) is 51.0 Å². The van der Waals surface area contributed by atoms with Crippen molar-refractivity contribution in [1.82, 2.24) is 24.4 Å². The quantitative estimate of drug-likeness (QED) is 0.757. The van der Waals surface area contributed by atoms with Gasteiger partial charge in [-0.3, -0.25) is 4.79 Å². The van der Waals surface area contributed by atoms with Gasteiger partial charge in [0.2, 0.25) is 5.91 Å². The van der Waals surface area contributed by atoms with Gasteiger partial charge in [-0.15, -0.1) is 0 Å². The summed E-state index contributed by atoms with van der Waals surface area (Å²) in [7, 11) is 0. The average molecular weight is 376 g/mol. The highest BCUT2D eigenvalue weighted by Gasteiger charge is 2.36. The summed E-state index contributed by atoms with van der Waals surface area (Å²) >= 11 is 0. The lowest BCUT2D eigenvalue weighted by Gasteiger charge is -2.39. The lowest BCUT2D eigenvalue weighted by Crippen LogP contribution is -2.48. The van der Waals surface area contributed by atoms with Gasteiger partial charge < -0.3 is 14.5 Å². The van der Waals surface area contributed by atoms with Gasteiger partial charge in [0, 0.05) is 44.1 Å². The Balaban J connectivity index is 1.57. The zero-order valence-electron chi connectivity index (χ0n) is 16.1. The summed E-state index contributed by atoms with van der Waals surface area (Å²) in [4.78, 5) is 26.3. The van der Waals surface area contributed by atoms with Gasteiger partial charge in [0.15, 0.2) is 0 Å². The number of carbonyl (C=O) groups is 1. The molecule has 2 aliphatic rings. The zero-order chi connectivity index (χ0) is 19.3. The molecule has 7 heteroatoms. The lowest BCUT2D eigenvalue weighted by atomic mass is 9.84. The van der Waals surface area contributed by atoms with Crippen LogP contribution in [0.25, 0.3) is 22.1 Å². The third-order valence-corrected chi connectivity index (χ3v) is 6.51. The number of imidazole rings is 1. The molecule has 1 amide bonds. The van der Waals surface area contributed by atoms with E-state index < -0.39 is 0 Å². The molecule has 3 aromatic heterocycles. The minimum Gasteiger partial charge on any atom is -0.346 e. The molecule has 2 fully saturated rings. The van der Waals surface area contributed by atoms with Gasteiger partial charge in [-0.2, -0.15) is 5.26 Å². The molecule has 1 saturated carbocycles. The van der Waals surface area contributed by atoms with Crippen molar-refractivity contribution in [1.29, 1.82) is 5.26 Å². The summed E-state index contributed by atoms with van der Waals surface area (Å²) in [5, 5.41) is 10.1. The van der Waals surface area contributed by atoms with Crippen LogP contribution in [0.15, 0.2) is 18.5 Å². The molecule has 0 aromatic carbocycles. The fraction of sp³-hybridized carbons (Fsp3) is 0.524. The fourth-order valence-corrected chi connectivity index (χ4v) is 4.90. The van der Waals surface area contributed by atoms with Gasteiger partial charge in [0.1, 0.15) is 17.0 Å². The van der Waals surface area contributed by atoms with E-state index in [4.69, 9.17) is 10.2 Å². The molecule has 0 unspecified atom stereocenters. The maximum atomic E-state index is 11.7. The number of nitriles is 1. The lowest BCUT2D eigenvalue weighted by molar-refractivity contribution is -0.133. The molecule has 1 saturated heterocycles. The first-order chi connectivity index (χ1) is 13.7. The van der Waals surface area contributed by atoms with Crippen molar-refractivity contribution in [3.8, 4) is 6.07 Å². The molecular weight excluding hydrogens is 352 g/mol. The van der Waals surface area contributed by atoms with Crippen molar-refractivity contribution in [3.63, 3.8) is 0 Å². The Bertz CT molecular complexity index is 1080. The van der Waals surface area contributed by atoms with Gasteiger partial charge >= 0.3 is 0 Å². The third kappa shape index (κ3) is 2.67. The van der Waals surface area contributed by atoms with Crippen LogP contribution < -0.4 is 0 Å². The van der Waals surface area contributed by atoms with Crippen molar-refractivity contribution in [3.05, 3.63) is 24.3 Å². The molecule has 4 heterocycles. The number of aromatic amines is 1. The van der Waals surface area contributed by atoms with Crippen LogP contribution in [0.2, 0.25) is 0 Å². The van der Waals surface area contributed by atoms with E-state index in [9.17, 15) is 4.79 Å². The Morgan fingerprint density at radius 2 is 2.11 bits per heavy atom. The molecule has 0 atom stereocenters. The van der Waals surface area contributed by atoms with Crippen LogP contribution in [0.1, 0.15) is 56.8 Å². The van der Waals surface area contributed by atoms with E-state index in [-0.39, 0.29) is 11.8 Å². The summed E-state index contributed by atoms with van der Waals surface area (Å²) in [5.41, 5.74) is 2.98. The van der Waals surface area contributed by atoms with Crippen LogP contribution in [0.4, 0.5) is 0 Å². The number of pyridine rings is 1. The SMILES string of the molecule is CC(=O)N1CC(c2nc3cnc4[nH]ccc4c3n2C2CCC(CC#N)CC2)C1. The van der Waals surface area contributed by atoms with E-state index in [1.54, 1.807) is 6.92 Å². The van der Waals surface area contributed by atoms with Crippen LogP contribution in [0.3, 0.4) is 0 Å². The molecule has 1 N–H and O–H groups in total. The summed E-state index contributed by atoms with van der Waals surface area (Å²) in [6, 6.07) is 4.80. The summed E-state index contributed by atoms with van der Waals surface area (Å²) in [6.07, 6.45) is 8.76. The highest BCUT2D eigenvalue weighted by Crippen LogP contribution is 2.40. The first-order valence-electron chi connectivity index (χ1n) is 10.1. The summed E-state index contributed by atoms with van der Waals surface area (Å²) < 4.78 is 2.44. The largest absolute Gasteiger partial charge is 0.346 e. The molecular formula is C21H24N6O. The number of H-pyrrole nitrogens is 1. The number of carbonyl (C=O) groups excluding carboxylic acids is 1. The van der Waals surface area contributed by atoms with Gasteiger partial charge in [-0.05, 0) is 37.7 Å². The number of aromatic nitrogens is 4. The molecule has 0 bridgehead atoms. The van der Waals surface area contributed by atoms with Crippen LogP contribution in [-0.4, -0.2) is 43.4 Å². The molecule has 28 heavy (non-hydrogen) atoms. The number of nitrogens with one attached hydrogen (secondary N) is 1. The third-order valence-electron chi connectivity index (χ3n) is 6.51. The number of fused-ring (bicyclic) bond motifs is 3. The number of amides is 1. The van der Waals surface area contributed by atoms with Crippen LogP contribution >= 0.6 is 0 Å². The molecule has 1 aliphatic carbocycles. The minimum absolute atomic E-state index is 0.130. The Hall–Kier alpha value is -2.88. The van der Waals surface area contributed by atoms with Gasteiger partial charge in [-0.25, -0.2) is 9.97 Å². The van der Waals surface area contributed by atoms with Crippen molar-refractivity contribution in [2.24, 2.45) is 5.92 Å². The van der Waals surface area contributed by atoms with E-state index in [1.165, 1.54) is 0 Å². The van der Waals surface area contributed by atoms with Crippen molar-refractivity contribution in [2.75, 3.05) is 13.1 Å². The molecule has 0 radical (unpaired) electrons. The second-order valence-corrected chi connectivity index (χ2v) is 8.23. The molecule has 3 aromatic rings. The van der Waals surface area contributed by atoms with E-state index in [0.29, 0.717) is 18.4 Å². The van der Waals surface area contributed by atoms with Crippen LogP contribution in [0.5, 0.6) is 0 Å². The van der Waals surface area contributed by atoms with Crippen molar-refractivity contribution >= 4 is 28.0 Å². The van der Waals surface area contributed by atoms with Crippen molar-refractivity contribution < 1.29 is 4.79 Å². The standard InChI is InChI=1S/C21H24N6O/c1-13(28)26-11-15(12-26)21-25-18-10-24-20-17(7-9-23-20)19(18)27(21)16-4-2-14(3-5-16)6-8-22/h7,9-10,14-16H,2-6,11-12H2,1H3,(H,23,24). The van der Waals surface area contributed by atoms with Crippen LogP contribution in [-0.2, 0) is 4.79 Å². The summed E-state index contributed by atoms with van der Waals surface area (Å²) in [5.74, 6) is 2.02. The Labute approximate surface area is 163 Å². The maximum absolute atomic E-state index is 11.7. The Morgan fingerprint density at radius 1 is 1.32 bits per heavy atom. The predicted octanol–water partition coefficient (Wildman–Crippen LogP) is 3.50. The molecule has 144 valence electrons. The monoisotopic (exact) mass is 376 g/mol. The highest BCUT2D eigenvalue weighted by atomic mass is 16.2. The van der Waals surface area contributed by atoms with Crippen LogP contribution in [0, 0.1) is 17.2 Å². The van der Waals surface area contributed by atoms with Gasteiger partial charge in [0.25, 0.3) is 0 Å². The minimum atomic E-state index is 0.130. The fourth-order valence-electron chi connectivity index (χ4n) is 4.90. The van der Waals surface area contributed by atoms with E-state index in [0.717, 1.165) is 66.7 Å². The first-order valence-corrected chi connectivity index (χ1v) is 10.1. The van der Waals surface area contributed by atoms with Gasteiger partial charge in [-0.1, -0.05) is 0 Å². The average Bonchev–Trinajstić information content (AvgIpc) is 3.25. The number of rotatable bonds is 3. The molecule has 5 rings (SSSR count). The number of hydrogen-bond donors (Lipinski definition) is 1. The molecule has 0 spiro atoms. The molecule has 7 nitrogen and oxygen atoms in total. The number of hydrogen-bond acceptors (Lipinski definition) is 4. The maximum Gasteiger partial charge on any atom is 0.219 e.